The molecule has 0 unspecified atom stereocenters. The molecule has 0 spiro atoms. The van der Waals surface area contributed by atoms with Crippen molar-refractivity contribution in [2.75, 3.05) is 6.61 Å². The van der Waals surface area contributed by atoms with Crippen molar-refractivity contribution in [1.29, 1.82) is 0 Å². The summed E-state index contributed by atoms with van der Waals surface area (Å²) in [6.45, 7) is 6.51. The van der Waals surface area contributed by atoms with Crippen molar-refractivity contribution in [3.05, 3.63) is 92.4 Å². The van der Waals surface area contributed by atoms with Crippen molar-refractivity contribution in [3.8, 4) is 11.5 Å². The van der Waals surface area contributed by atoms with E-state index in [4.69, 9.17) is 21.1 Å². The smallest absolute Gasteiger partial charge is 0.175 e. The average molecular weight is 475 g/mol. The summed E-state index contributed by atoms with van der Waals surface area (Å²) in [5.41, 5.74) is 4.54. The first-order valence-corrected chi connectivity index (χ1v) is 10.8. The van der Waals surface area contributed by atoms with Crippen LogP contribution in [-0.2, 0) is 19.7 Å². The molecule has 3 aromatic rings. The van der Waals surface area contributed by atoms with E-state index in [1.807, 2.05) is 37.3 Å². The highest BCUT2D eigenvalue weighted by Gasteiger charge is 2.13. The van der Waals surface area contributed by atoms with Crippen LogP contribution >= 0.6 is 27.5 Å². The Hall–Kier alpha value is -2.01. The average Bonchev–Trinajstić information content (AvgIpc) is 2.70. The molecule has 0 aliphatic heterocycles. The molecule has 0 saturated carbocycles. The second-order valence-electron chi connectivity index (χ2n) is 6.81. The van der Waals surface area contributed by atoms with E-state index < -0.39 is 0 Å². The first-order chi connectivity index (χ1) is 14.1. The third kappa shape index (κ3) is 6.23. The fourth-order valence-corrected chi connectivity index (χ4v) is 3.76. The zero-order valence-corrected chi connectivity index (χ0v) is 19.0. The molecule has 0 bridgehead atoms. The van der Waals surface area contributed by atoms with E-state index in [9.17, 15) is 0 Å². The Morgan fingerprint density at radius 1 is 0.931 bits per heavy atom. The van der Waals surface area contributed by atoms with Gasteiger partial charge in [-0.25, -0.2) is 0 Å². The molecule has 0 heterocycles. The summed E-state index contributed by atoms with van der Waals surface area (Å²) in [5, 5.41) is 4.21. The van der Waals surface area contributed by atoms with Crippen LogP contribution in [0.2, 0.25) is 5.02 Å². The van der Waals surface area contributed by atoms with Gasteiger partial charge in [0.1, 0.15) is 6.61 Å². The van der Waals surface area contributed by atoms with E-state index in [0.29, 0.717) is 26.3 Å². The quantitative estimate of drug-likeness (QED) is 0.375. The van der Waals surface area contributed by atoms with Crippen LogP contribution in [0.4, 0.5) is 0 Å². The Morgan fingerprint density at radius 2 is 1.69 bits per heavy atom. The normalized spacial score (nSPS) is 10.8. The fourth-order valence-electron chi connectivity index (χ4n) is 2.95. The molecule has 0 amide bonds. The Bertz CT molecular complexity index is 944. The largest absolute Gasteiger partial charge is 0.490 e. The van der Waals surface area contributed by atoms with Gasteiger partial charge in [0.25, 0.3) is 0 Å². The number of hydrogen-bond donors (Lipinski definition) is 1. The predicted octanol–water partition coefficient (Wildman–Crippen LogP) is 6.68. The second kappa shape index (κ2) is 10.7. The van der Waals surface area contributed by atoms with Gasteiger partial charge in [-0.3, -0.25) is 0 Å². The Morgan fingerprint density at radius 3 is 2.41 bits per heavy atom. The Balaban J connectivity index is 1.68. The van der Waals surface area contributed by atoms with E-state index in [2.05, 4.69) is 58.5 Å². The van der Waals surface area contributed by atoms with Gasteiger partial charge in [0.15, 0.2) is 11.5 Å². The molecule has 3 aromatic carbocycles. The number of aryl methyl sites for hydroxylation is 1. The monoisotopic (exact) mass is 473 g/mol. The van der Waals surface area contributed by atoms with Gasteiger partial charge in [0.05, 0.1) is 11.1 Å². The van der Waals surface area contributed by atoms with Crippen molar-refractivity contribution in [2.24, 2.45) is 0 Å². The lowest BCUT2D eigenvalue weighted by Gasteiger charge is -2.16. The minimum Gasteiger partial charge on any atom is -0.490 e. The van der Waals surface area contributed by atoms with Crippen LogP contribution in [-0.4, -0.2) is 6.61 Å². The van der Waals surface area contributed by atoms with Crippen LogP contribution < -0.4 is 14.8 Å². The molecule has 29 heavy (non-hydrogen) atoms. The number of hydrogen-bond acceptors (Lipinski definition) is 3. The van der Waals surface area contributed by atoms with E-state index in [1.54, 1.807) is 0 Å². The topological polar surface area (TPSA) is 30.5 Å². The summed E-state index contributed by atoms with van der Waals surface area (Å²) in [5.74, 6) is 1.46. The molecule has 0 saturated heterocycles. The minimum atomic E-state index is 0.489. The van der Waals surface area contributed by atoms with E-state index in [-0.39, 0.29) is 0 Å². The van der Waals surface area contributed by atoms with Gasteiger partial charge in [0, 0.05) is 18.1 Å². The standard InChI is InChI=1S/C24H25BrClNO2/c1-3-28-23-13-19(14-27-15-20-6-4-5-7-22(20)26)12-21(25)24(23)29-16-18-10-8-17(2)9-11-18/h4-13,27H,3,14-16H2,1-2H3. The highest BCUT2D eigenvalue weighted by Crippen LogP contribution is 2.37. The van der Waals surface area contributed by atoms with Crippen molar-refractivity contribution in [3.63, 3.8) is 0 Å². The van der Waals surface area contributed by atoms with Crippen LogP contribution in [0.15, 0.2) is 65.1 Å². The molecule has 0 atom stereocenters. The number of benzene rings is 3. The second-order valence-corrected chi connectivity index (χ2v) is 8.07. The molecule has 0 aliphatic carbocycles. The lowest BCUT2D eigenvalue weighted by atomic mass is 10.1. The van der Waals surface area contributed by atoms with Gasteiger partial charge in [-0.2, -0.15) is 0 Å². The van der Waals surface area contributed by atoms with Crippen LogP contribution in [0.25, 0.3) is 0 Å². The van der Waals surface area contributed by atoms with Crippen molar-refractivity contribution in [1.82, 2.24) is 5.32 Å². The van der Waals surface area contributed by atoms with Gasteiger partial charge < -0.3 is 14.8 Å². The van der Waals surface area contributed by atoms with Crippen LogP contribution in [0.1, 0.15) is 29.2 Å². The molecule has 0 fully saturated rings. The van der Waals surface area contributed by atoms with E-state index >= 15 is 0 Å². The van der Waals surface area contributed by atoms with Gasteiger partial charge in [-0.1, -0.05) is 59.6 Å². The van der Waals surface area contributed by atoms with Crippen LogP contribution in [0.5, 0.6) is 11.5 Å². The van der Waals surface area contributed by atoms with Crippen molar-refractivity contribution < 1.29 is 9.47 Å². The molecule has 0 aromatic heterocycles. The molecular weight excluding hydrogens is 450 g/mol. The summed E-state index contributed by atoms with van der Waals surface area (Å²) in [4.78, 5) is 0. The zero-order valence-electron chi connectivity index (χ0n) is 16.7. The molecular formula is C24H25BrClNO2. The maximum atomic E-state index is 6.23. The number of ether oxygens (including phenoxy) is 2. The van der Waals surface area contributed by atoms with Crippen LogP contribution in [0.3, 0.4) is 0 Å². The Kier molecular flexibility index (Phi) is 7.99. The molecule has 1 N–H and O–H groups in total. The minimum absolute atomic E-state index is 0.489. The summed E-state index contributed by atoms with van der Waals surface area (Å²) < 4.78 is 12.8. The predicted molar refractivity (Wildman–Crippen MR) is 123 cm³/mol. The third-order valence-electron chi connectivity index (χ3n) is 4.48. The molecule has 0 radical (unpaired) electrons. The van der Waals surface area contributed by atoms with E-state index in [1.165, 1.54) is 5.56 Å². The maximum absolute atomic E-state index is 6.23. The molecule has 152 valence electrons. The van der Waals surface area contributed by atoms with Gasteiger partial charge in [-0.05, 0) is 64.7 Å². The first-order valence-electron chi connectivity index (χ1n) is 9.64. The maximum Gasteiger partial charge on any atom is 0.175 e. The molecule has 3 rings (SSSR count). The Labute approximate surface area is 186 Å². The molecule has 3 nitrogen and oxygen atoms in total. The van der Waals surface area contributed by atoms with Crippen LogP contribution in [0, 0.1) is 6.92 Å². The third-order valence-corrected chi connectivity index (χ3v) is 5.43. The number of rotatable bonds is 9. The number of nitrogens with one attached hydrogen (secondary N) is 1. The highest BCUT2D eigenvalue weighted by atomic mass is 79.9. The SMILES string of the molecule is CCOc1cc(CNCc2ccccc2Cl)cc(Br)c1OCc1ccc(C)cc1. The lowest BCUT2D eigenvalue weighted by molar-refractivity contribution is 0.267. The van der Waals surface area contributed by atoms with Gasteiger partial charge in [-0.15, -0.1) is 0 Å². The van der Waals surface area contributed by atoms with Gasteiger partial charge >= 0.3 is 0 Å². The van der Waals surface area contributed by atoms with Crippen molar-refractivity contribution in [2.45, 2.75) is 33.5 Å². The summed E-state index contributed by atoms with van der Waals surface area (Å²) in [6, 6.07) is 20.3. The first kappa shape index (κ1) is 21.7. The fraction of sp³-hybridized carbons (Fsp3) is 0.250. The molecule has 5 heteroatoms. The molecule has 0 aliphatic rings. The van der Waals surface area contributed by atoms with E-state index in [0.717, 1.165) is 37.7 Å². The van der Waals surface area contributed by atoms with Crippen molar-refractivity contribution >= 4 is 27.5 Å². The summed E-state index contributed by atoms with van der Waals surface area (Å²) in [6.07, 6.45) is 0. The lowest BCUT2D eigenvalue weighted by Crippen LogP contribution is -2.13. The van der Waals surface area contributed by atoms with Gasteiger partial charge in [0.2, 0.25) is 0 Å². The number of halogens is 2. The summed E-state index contributed by atoms with van der Waals surface area (Å²) in [7, 11) is 0. The highest BCUT2D eigenvalue weighted by molar-refractivity contribution is 9.10. The summed E-state index contributed by atoms with van der Waals surface area (Å²) >= 11 is 9.88. The zero-order chi connectivity index (χ0) is 20.6.